The highest BCUT2D eigenvalue weighted by Crippen LogP contribution is 2.20. The van der Waals surface area contributed by atoms with Crippen LogP contribution in [0.15, 0.2) is 36.5 Å². The summed E-state index contributed by atoms with van der Waals surface area (Å²) in [6.07, 6.45) is 1.68. The highest BCUT2D eigenvalue weighted by Gasteiger charge is 2.11. The molecule has 19 heavy (non-hydrogen) atoms. The number of carbonyl (C=O) groups is 1. The Balaban J connectivity index is 2.21. The van der Waals surface area contributed by atoms with Crippen LogP contribution in [0.3, 0.4) is 0 Å². The van der Waals surface area contributed by atoms with E-state index in [1.807, 2.05) is 6.07 Å². The van der Waals surface area contributed by atoms with Gasteiger partial charge in [-0.15, -0.1) is 0 Å². The smallest absolute Gasteiger partial charge is 0.168 e. The molecule has 5 heteroatoms. The van der Waals surface area contributed by atoms with E-state index < -0.39 is 0 Å². The lowest BCUT2D eigenvalue weighted by Gasteiger charge is -2.05. The molecular weight excluding hydrogens is 262 g/mol. The Kier molecular flexibility index (Phi) is 3.79. The SMILES string of the molecule is N#Cc1ccc(CC(=O)c2cc(N)ccc2Cl)cn1. The first kappa shape index (κ1) is 13.1. The van der Waals surface area contributed by atoms with Gasteiger partial charge in [-0.3, -0.25) is 4.79 Å². The zero-order valence-corrected chi connectivity index (χ0v) is 10.7. The van der Waals surface area contributed by atoms with Gasteiger partial charge in [0.1, 0.15) is 11.8 Å². The molecule has 0 aliphatic rings. The van der Waals surface area contributed by atoms with E-state index in [0.29, 0.717) is 22.0 Å². The van der Waals surface area contributed by atoms with Crippen molar-refractivity contribution in [2.24, 2.45) is 0 Å². The summed E-state index contributed by atoms with van der Waals surface area (Å²) in [5.74, 6) is -0.135. The number of rotatable bonds is 3. The molecule has 0 radical (unpaired) electrons. The predicted molar refractivity (Wildman–Crippen MR) is 72.9 cm³/mol. The zero-order valence-electron chi connectivity index (χ0n) is 9.93. The lowest BCUT2D eigenvalue weighted by molar-refractivity contribution is 0.0993. The first-order valence-electron chi connectivity index (χ1n) is 5.53. The summed E-state index contributed by atoms with van der Waals surface area (Å²) in [5, 5.41) is 9.02. The van der Waals surface area contributed by atoms with E-state index in [1.165, 1.54) is 6.20 Å². The van der Waals surface area contributed by atoms with E-state index in [4.69, 9.17) is 22.6 Å². The minimum Gasteiger partial charge on any atom is -0.399 e. The van der Waals surface area contributed by atoms with Gasteiger partial charge >= 0.3 is 0 Å². The van der Waals surface area contributed by atoms with Crippen LogP contribution in [-0.2, 0) is 6.42 Å². The molecule has 0 aliphatic carbocycles. The molecule has 1 aromatic heterocycles. The van der Waals surface area contributed by atoms with Crippen molar-refractivity contribution in [2.45, 2.75) is 6.42 Å². The summed E-state index contributed by atoms with van der Waals surface area (Å²) < 4.78 is 0. The Morgan fingerprint density at radius 3 is 2.79 bits per heavy atom. The summed E-state index contributed by atoms with van der Waals surface area (Å²) in [6, 6.07) is 9.99. The van der Waals surface area contributed by atoms with Gasteiger partial charge in [0.25, 0.3) is 0 Å². The number of halogens is 1. The molecule has 2 aromatic rings. The zero-order chi connectivity index (χ0) is 13.8. The van der Waals surface area contributed by atoms with E-state index in [-0.39, 0.29) is 12.2 Å². The van der Waals surface area contributed by atoms with Crippen LogP contribution in [0.5, 0.6) is 0 Å². The third-order valence-electron chi connectivity index (χ3n) is 2.59. The maximum atomic E-state index is 12.1. The van der Waals surface area contributed by atoms with Crippen molar-refractivity contribution >= 4 is 23.1 Å². The topological polar surface area (TPSA) is 79.8 Å². The fourth-order valence-corrected chi connectivity index (χ4v) is 1.86. The van der Waals surface area contributed by atoms with Crippen LogP contribution in [0, 0.1) is 11.3 Å². The van der Waals surface area contributed by atoms with Crippen molar-refractivity contribution in [3.05, 3.63) is 58.4 Å². The van der Waals surface area contributed by atoms with Crippen LogP contribution in [0.2, 0.25) is 5.02 Å². The average molecular weight is 272 g/mol. The molecule has 0 saturated carbocycles. The molecule has 0 spiro atoms. The van der Waals surface area contributed by atoms with Crippen LogP contribution in [-0.4, -0.2) is 10.8 Å². The second-order valence-corrected chi connectivity index (χ2v) is 4.41. The number of nitrogens with two attached hydrogens (primary N) is 1. The monoisotopic (exact) mass is 271 g/mol. The van der Waals surface area contributed by atoms with Gasteiger partial charge in [-0.05, 0) is 29.8 Å². The summed E-state index contributed by atoms with van der Waals surface area (Å²) in [7, 11) is 0. The Morgan fingerprint density at radius 2 is 2.16 bits per heavy atom. The fourth-order valence-electron chi connectivity index (χ4n) is 1.63. The Hall–Kier alpha value is -2.38. The minimum atomic E-state index is -0.135. The van der Waals surface area contributed by atoms with Crippen molar-refractivity contribution in [2.75, 3.05) is 5.73 Å². The number of Topliss-reactive ketones (excluding diaryl/α,β-unsaturated/α-hetero) is 1. The molecule has 0 saturated heterocycles. The van der Waals surface area contributed by atoms with Gasteiger partial charge in [-0.25, -0.2) is 4.98 Å². The molecule has 2 rings (SSSR count). The number of anilines is 1. The van der Waals surface area contributed by atoms with Crippen molar-refractivity contribution in [1.82, 2.24) is 4.98 Å². The number of hydrogen-bond donors (Lipinski definition) is 1. The van der Waals surface area contributed by atoms with E-state index in [1.54, 1.807) is 30.3 Å². The van der Waals surface area contributed by atoms with Crippen LogP contribution in [0.25, 0.3) is 0 Å². The van der Waals surface area contributed by atoms with E-state index in [0.717, 1.165) is 5.56 Å². The van der Waals surface area contributed by atoms with Gasteiger partial charge in [0.2, 0.25) is 0 Å². The second kappa shape index (κ2) is 5.51. The molecule has 0 aliphatic heterocycles. The Morgan fingerprint density at radius 1 is 1.37 bits per heavy atom. The number of nitriles is 1. The molecular formula is C14H10ClN3O. The molecule has 1 heterocycles. The van der Waals surface area contributed by atoms with E-state index >= 15 is 0 Å². The van der Waals surface area contributed by atoms with Crippen LogP contribution in [0.1, 0.15) is 21.6 Å². The number of pyridine rings is 1. The molecule has 0 bridgehead atoms. The summed E-state index contributed by atoms with van der Waals surface area (Å²) in [5.41, 5.74) is 7.57. The predicted octanol–water partition coefficient (Wildman–Crippen LogP) is 2.61. The number of hydrogen-bond acceptors (Lipinski definition) is 4. The third-order valence-corrected chi connectivity index (χ3v) is 2.92. The molecule has 0 fully saturated rings. The minimum absolute atomic E-state index is 0.135. The lowest BCUT2D eigenvalue weighted by Crippen LogP contribution is -2.05. The summed E-state index contributed by atoms with van der Waals surface area (Å²) >= 11 is 5.97. The molecule has 2 N–H and O–H groups in total. The summed E-state index contributed by atoms with van der Waals surface area (Å²) in [4.78, 5) is 16.0. The maximum absolute atomic E-state index is 12.1. The van der Waals surface area contributed by atoms with Crippen LogP contribution in [0.4, 0.5) is 5.69 Å². The summed E-state index contributed by atoms with van der Waals surface area (Å²) in [6.45, 7) is 0. The standard InChI is InChI=1S/C14H10ClN3O/c15-13-4-2-10(17)6-12(13)14(19)5-9-1-3-11(7-16)18-8-9/h1-4,6,8H,5,17H2. The highest BCUT2D eigenvalue weighted by atomic mass is 35.5. The van der Waals surface area contributed by atoms with Crippen LogP contribution < -0.4 is 5.73 Å². The first-order chi connectivity index (χ1) is 9.10. The fraction of sp³-hybridized carbons (Fsp3) is 0.0714. The molecule has 0 atom stereocenters. The van der Waals surface area contributed by atoms with Crippen molar-refractivity contribution in [1.29, 1.82) is 5.26 Å². The van der Waals surface area contributed by atoms with Gasteiger partial charge in [0.05, 0.1) is 5.02 Å². The number of carbonyl (C=O) groups excluding carboxylic acids is 1. The van der Waals surface area contributed by atoms with E-state index in [9.17, 15) is 4.79 Å². The second-order valence-electron chi connectivity index (χ2n) is 4.00. The quantitative estimate of drug-likeness (QED) is 0.687. The van der Waals surface area contributed by atoms with Gasteiger partial charge in [0, 0.05) is 23.9 Å². The lowest BCUT2D eigenvalue weighted by atomic mass is 10.0. The van der Waals surface area contributed by atoms with Gasteiger partial charge < -0.3 is 5.73 Å². The largest absolute Gasteiger partial charge is 0.399 e. The molecule has 0 amide bonds. The van der Waals surface area contributed by atoms with Gasteiger partial charge in [-0.2, -0.15) is 5.26 Å². The van der Waals surface area contributed by atoms with E-state index in [2.05, 4.69) is 4.98 Å². The molecule has 0 unspecified atom stereocenters. The van der Waals surface area contributed by atoms with Crippen molar-refractivity contribution in [3.63, 3.8) is 0 Å². The highest BCUT2D eigenvalue weighted by molar-refractivity contribution is 6.34. The number of ketones is 1. The number of nitrogen functional groups attached to an aromatic ring is 1. The van der Waals surface area contributed by atoms with Gasteiger partial charge in [-0.1, -0.05) is 17.7 Å². The maximum Gasteiger partial charge on any atom is 0.168 e. The van der Waals surface area contributed by atoms with Crippen LogP contribution >= 0.6 is 11.6 Å². The third kappa shape index (κ3) is 3.09. The van der Waals surface area contributed by atoms with Crippen molar-refractivity contribution in [3.8, 4) is 6.07 Å². The molecule has 4 nitrogen and oxygen atoms in total. The normalized spacial score (nSPS) is 9.89. The Bertz CT molecular complexity index is 659. The number of nitrogens with zero attached hydrogens (tertiary/aromatic N) is 2. The molecule has 1 aromatic carbocycles. The first-order valence-corrected chi connectivity index (χ1v) is 5.91. The number of benzene rings is 1. The van der Waals surface area contributed by atoms with Gasteiger partial charge in [0.15, 0.2) is 5.78 Å². The Labute approximate surface area is 115 Å². The average Bonchev–Trinajstić information content (AvgIpc) is 2.42. The number of aromatic nitrogens is 1. The molecule has 94 valence electrons. The van der Waals surface area contributed by atoms with Crippen molar-refractivity contribution < 1.29 is 4.79 Å².